The monoisotopic (exact) mass is 356 g/mol. The average Bonchev–Trinajstić information content (AvgIpc) is 2.85. The van der Waals surface area contributed by atoms with Crippen molar-refractivity contribution in [3.8, 4) is 0 Å². The largest absolute Gasteiger partial charge is 0.349 e. The van der Waals surface area contributed by atoms with E-state index in [9.17, 15) is 4.79 Å². The molecular weight excluding hydrogens is 340 g/mol. The Morgan fingerprint density at radius 1 is 1.30 bits per heavy atom. The van der Waals surface area contributed by atoms with Crippen molar-refractivity contribution < 1.29 is 4.79 Å². The number of fused-ring (bicyclic) bond motifs is 1. The number of hydrogen-bond acceptors (Lipinski definition) is 2. The van der Waals surface area contributed by atoms with Gasteiger partial charge in [0.15, 0.2) is 0 Å². The number of rotatable bonds is 2. The molecule has 2 heterocycles. The van der Waals surface area contributed by atoms with Gasteiger partial charge in [0.1, 0.15) is 0 Å². The Kier molecular flexibility index (Phi) is 4.34. The normalized spacial score (nSPS) is 26.3. The molecule has 0 aliphatic carbocycles. The van der Waals surface area contributed by atoms with Crippen LogP contribution in [0.5, 0.6) is 0 Å². The average molecular weight is 358 g/mol. The summed E-state index contributed by atoms with van der Waals surface area (Å²) in [7, 11) is 0. The van der Waals surface area contributed by atoms with Crippen LogP contribution < -0.4 is 5.32 Å². The number of nitrogens with one attached hydrogen (secondary N) is 1. The first-order chi connectivity index (χ1) is 9.61. The first-order valence-corrected chi connectivity index (χ1v) is 8.30. The molecule has 1 aromatic carbocycles. The molecule has 108 valence electrons. The fourth-order valence-electron chi connectivity index (χ4n) is 3.31. The van der Waals surface area contributed by atoms with E-state index in [0.29, 0.717) is 22.7 Å². The second-order valence-electron chi connectivity index (χ2n) is 5.68. The Morgan fingerprint density at radius 3 is 2.95 bits per heavy atom. The van der Waals surface area contributed by atoms with Gasteiger partial charge in [0, 0.05) is 33.7 Å². The lowest BCUT2D eigenvalue weighted by atomic mass is 9.97. The van der Waals surface area contributed by atoms with Crippen LogP contribution in [0.2, 0.25) is 5.02 Å². The molecule has 1 amide bonds. The van der Waals surface area contributed by atoms with Gasteiger partial charge in [-0.1, -0.05) is 27.5 Å². The molecule has 0 saturated carbocycles. The maximum absolute atomic E-state index is 12.3. The third kappa shape index (κ3) is 3.18. The lowest BCUT2D eigenvalue weighted by Gasteiger charge is -2.35. The van der Waals surface area contributed by atoms with Crippen LogP contribution in [0.4, 0.5) is 0 Å². The zero-order valence-corrected chi connectivity index (χ0v) is 13.6. The number of carbonyl (C=O) groups is 1. The van der Waals surface area contributed by atoms with Crippen LogP contribution in [-0.2, 0) is 0 Å². The first kappa shape index (κ1) is 14.4. The van der Waals surface area contributed by atoms with E-state index in [1.807, 2.05) is 6.07 Å². The molecule has 0 bridgehead atoms. The van der Waals surface area contributed by atoms with Gasteiger partial charge >= 0.3 is 0 Å². The molecule has 2 aliphatic heterocycles. The lowest BCUT2D eigenvalue weighted by molar-refractivity contribution is 0.0896. The Labute approximate surface area is 132 Å². The number of hydrogen-bond donors (Lipinski definition) is 1. The minimum atomic E-state index is -0.0235. The molecule has 2 saturated heterocycles. The molecule has 2 atom stereocenters. The highest BCUT2D eigenvalue weighted by molar-refractivity contribution is 9.10. The zero-order chi connectivity index (χ0) is 14.1. The van der Waals surface area contributed by atoms with Crippen LogP contribution >= 0.6 is 27.5 Å². The summed E-state index contributed by atoms with van der Waals surface area (Å²) in [5.41, 5.74) is 0.623. The quantitative estimate of drug-likeness (QED) is 0.879. The summed E-state index contributed by atoms with van der Waals surface area (Å²) in [5, 5.41) is 3.74. The van der Waals surface area contributed by atoms with Crippen molar-refractivity contribution in [3.63, 3.8) is 0 Å². The highest BCUT2D eigenvalue weighted by atomic mass is 79.9. The highest BCUT2D eigenvalue weighted by Gasteiger charge is 2.32. The van der Waals surface area contributed by atoms with E-state index in [-0.39, 0.29) is 5.91 Å². The van der Waals surface area contributed by atoms with E-state index in [2.05, 4.69) is 26.1 Å². The first-order valence-electron chi connectivity index (χ1n) is 7.13. The fourth-order valence-corrected chi connectivity index (χ4v) is 4.17. The third-order valence-corrected chi connectivity index (χ3v) is 4.96. The molecule has 1 N–H and O–H groups in total. The predicted octanol–water partition coefficient (Wildman–Crippen LogP) is 3.46. The molecule has 5 heteroatoms. The summed E-state index contributed by atoms with van der Waals surface area (Å²) >= 11 is 9.37. The van der Waals surface area contributed by atoms with Crippen LogP contribution in [0.15, 0.2) is 22.7 Å². The van der Waals surface area contributed by atoms with Crippen LogP contribution in [-0.4, -0.2) is 36.0 Å². The Bertz CT molecular complexity index is 502. The Hall–Kier alpha value is -0.580. The minimum Gasteiger partial charge on any atom is -0.349 e. The highest BCUT2D eigenvalue weighted by Crippen LogP contribution is 2.27. The van der Waals surface area contributed by atoms with Gasteiger partial charge in [-0.3, -0.25) is 4.79 Å². The van der Waals surface area contributed by atoms with Crippen LogP contribution in [0, 0.1) is 0 Å². The molecule has 3 rings (SSSR count). The second kappa shape index (κ2) is 6.04. The van der Waals surface area contributed by atoms with Gasteiger partial charge in [-0.05, 0) is 50.4 Å². The summed E-state index contributed by atoms with van der Waals surface area (Å²) in [6.07, 6.45) is 4.69. The summed E-state index contributed by atoms with van der Waals surface area (Å²) in [6, 6.07) is 6.27. The number of halogens is 2. The second-order valence-corrected chi connectivity index (χ2v) is 7.04. The topological polar surface area (TPSA) is 32.3 Å². The Morgan fingerprint density at radius 2 is 2.15 bits per heavy atom. The number of nitrogens with zero attached hydrogens (tertiary/aromatic N) is 1. The van der Waals surface area contributed by atoms with E-state index in [0.717, 1.165) is 23.9 Å². The van der Waals surface area contributed by atoms with Crippen LogP contribution in [0.1, 0.15) is 36.0 Å². The van der Waals surface area contributed by atoms with Gasteiger partial charge in [0.2, 0.25) is 0 Å². The van der Waals surface area contributed by atoms with Crippen molar-refractivity contribution in [3.05, 3.63) is 33.3 Å². The van der Waals surface area contributed by atoms with Gasteiger partial charge < -0.3 is 10.2 Å². The summed E-state index contributed by atoms with van der Waals surface area (Å²) in [6.45, 7) is 2.33. The van der Waals surface area contributed by atoms with Crippen molar-refractivity contribution in [2.75, 3.05) is 13.1 Å². The number of carbonyl (C=O) groups excluding carboxylic acids is 1. The van der Waals surface area contributed by atoms with Crippen molar-refractivity contribution in [2.45, 2.75) is 37.8 Å². The third-order valence-electron chi connectivity index (χ3n) is 4.28. The Balaban J connectivity index is 1.64. The van der Waals surface area contributed by atoms with Crippen LogP contribution in [0.25, 0.3) is 0 Å². The molecule has 20 heavy (non-hydrogen) atoms. The van der Waals surface area contributed by atoms with Crippen molar-refractivity contribution in [1.29, 1.82) is 0 Å². The van der Waals surface area contributed by atoms with E-state index >= 15 is 0 Å². The maximum Gasteiger partial charge on any atom is 0.251 e. The van der Waals surface area contributed by atoms with Gasteiger partial charge in [-0.15, -0.1) is 0 Å². The minimum absolute atomic E-state index is 0.0235. The van der Waals surface area contributed by atoms with E-state index in [4.69, 9.17) is 11.6 Å². The van der Waals surface area contributed by atoms with E-state index in [1.54, 1.807) is 12.1 Å². The predicted molar refractivity (Wildman–Crippen MR) is 84.2 cm³/mol. The molecule has 0 aromatic heterocycles. The van der Waals surface area contributed by atoms with Crippen LogP contribution in [0.3, 0.4) is 0 Å². The van der Waals surface area contributed by atoms with E-state index in [1.165, 1.54) is 19.4 Å². The molecule has 0 radical (unpaired) electrons. The number of amides is 1. The van der Waals surface area contributed by atoms with Gasteiger partial charge in [-0.2, -0.15) is 0 Å². The van der Waals surface area contributed by atoms with E-state index < -0.39 is 0 Å². The van der Waals surface area contributed by atoms with Crippen molar-refractivity contribution in [1.82, 2.24) is 10.2 Å². The maximum atomic E-state index is 12.3. The molecule has 2 aliphatic rings. The van der Waals surface area contributed by atoms with Crippen molar-refractivity contribution in [2.24, 2.45) is 0 Å². The fraction of sp³-hybridized carbons (Fsp3) is 0.533. The van der Waals surface area contributed by atoms with Gasteiger partial charge in [-0.25, -0.2) is 0 Å². The van der Waals surface area contributed by atoms with Gasteiger partial charge in [0.05, 0.1) is 0 Å². The summed E-state index contributed by atoms with van der Waals surface area (Å²) < 4.78 is 0.834. The van der Waals surface area contributed by atoms with Gasteiger partial charge in [0.25, 0.3) is 5.91 Å². The number of benzene rings is 1. The molecular formula is C15H18BrClN2O. The lowest BCUT2D eigenvalue weighted by Crippen LogP contribution is -2.47. The standard InChI is InChI=1S/C15H18BrClN2O/c16-11-6-10(7-12(17)8-11)15(20)18-13-3-5-19-4-1-2-14(19)9-13/h6-8,13-14H,1-5,9H2,(H,18,20). The molecule has 0 spiro atoms. The SMILES string of the molecule is O=C(NC1CCN2CCCC2C1)c1cc(Cl)cc(Br)c1. The zero-order valence-electron chi connectivity index (χ0n) is 11.2. The number of piperidine rings is 1. The summed E-state index contributed by atoms with van der Waals surface area (Å²) in [5.74, 6) is -0.0235. The molecule has 1 aromatic rings. The van der Waals surface area contributed by atoms with Crippen molar-refractivity contribution >= 4 is 33.4 Å². The summed E-state index contributed by atoms with van der Waals surface area (Å²) in [4.78, 5) is 14.9. The molecule has 3 nitrogen and oxygen atoms in total. The molecule has 2 fully saturated rings. The molecule has 2 unspecified atom stereocenters. The smallest absolute Gasteiger partial charge is 0.251 e.